The molecule has 0 aliphatic carbocycles. The monoisotopic (exact) mass is 194 g/mol. The van der Waals surface area contributed by atoms with Gasteiger partial charge >= 0.3 is 5.97 Å². The first kappa shape index (κ1) is 10.2. The first-order valence-corrected chi connectivity index (χ1v) is 4.11. The Morgan fingerprint density at radius 3 is 3.14 bits per heavy atom. The number of nitrogens with zero attached hydrogens (tertiary/aromatic N) is 1. The number of aromatic amines is 1. The van der Waals surface area contributed by atoms with Crippen molar-refractivity contribution < 1.29 is 9.53 Å². The van der Waals surface area contributed by atoms with Crippen molar-refractivity contribution in [2.75, 3.05) is 6.61 Å². The summed E-state index contributed by atoms with van der Waals surface area (Å²) in [5.74, 6) is -0.476. The molecule has 5 heteroatoms. The molecule has 1 N–H and O–H groups in total. The van der Waals surface area contributed by atoms with E-state index < -0.39 is 5.97 Å². The second-order valence-corrected chi connectivity index (χ2v) is 2.42. The van der Waals surface area contributed by atoms with Gasteiger partial charge in [0.05, 0.1) is 18.5 Å². The zero-order valence-electron chi connectivity index (χ0n) is 7.69. The summed E-state index contributed by atoms with van der Waals surface area (Å²) in [6.07, 6.45) is 5.21. The lowest BCUT2D eigenvalue weighted by molar-refractivity contribution is -0.137. The van der Waals surface area contributed by atoms with Crippen molar-refractivity contribution in [3.8, 4) is 0 Å². The molecule has 0 radical (unpaired) electrons. The van der Waals surface area contributed by atoms with Crippen LogP contribution in [0.3, 0.4) is 0 Å². The predicted octanol–water partition coefficient (Wildman–Crippen LogP) is 0.346. The highest BCUT2D eigenvalue weighted by atomic mass is 16.5. The van der Waals surface area contributed by atoms with E-state index in [2.05, 4.69) is 14.7 Å². The van der Waals surface area contributed by atoms with E-state index in [1.54, 1.807) is 6.92 Å². The summed E-state index contributed by atoms with van der Waals surface area (Å²) < 4.78 is 4.65. The van der Waals surface area contributed by atoms with E-state index in [4.69, 9.17) is 0 Å². The van der Waals surface area contributed by atoms with Gasteiger partial charge < -0.3 is 9.72 Å². The smallest absolute Gasteiger partial charge is 0.330 e. The highest BCUT2D eigenvalue weighted by Gasteiger charge is 1.96. The second kappa shape index (κ2) is 4.96. The zero-order valence-corrected chi connectivity index (χ0v) is 7.69. The summed E-state index contributed by atoms with van der Waals surface area (Å²) >= 11 is 0. The molecule has 0 saturated heterocycles. The van der Waals surface area contributed by atoms with Crippen LogP contribution in [0.2, 0.25) is 0 Å². The van der Waals surface area contributed by atoms with Crippen LogP contribution >= 0.6 is 0 Å². The number of H-pyrrole nitrogens is 1. The van der Waals surface area contributed by atoms with E-state index >= 15 is 0 Å². The van der Waals surface area contributed by atoms with E-state index in [0.29, 0.717) is 12.2 Å². The van der Waals surface area contributed by atoms with Crippen LogP contribution in [0.4, 0.5) is 0 Å². The Morgan fingerprint density at radius 1 is 1.71 bits per heavy atom. The van der Waals surface area contributed by atoms with Crippen LogP contribution in [0, 0.1) is 0 Å². The van der Waals surface area contributed by atoms with Crippen molar-refractivity contribution in [1.29, 1.82) is 0 Å². The van der Waals surface area contributed by atoms with Gasteiger partial charge in [0.15, 0.2) is 0 Å². The van der Waals surface area contributed by atoms with E-state index in [1.165, 1.54) is 24.7 Å². The fourth-order valence-electron chi connectivity index (χ4n) is 0.822. The van der Waals surface area contributed by atoms with E-state index in [-0.39, 0.29) is 5.56 Å². The molecule has 1 aromatic rings. The topological polar surface area (TPSA) is 72.0 Å². The van der Waals surface area contributed by atoms with Crippen molar-refractivity contribution in [3.05, 3.63) is 34.5 Å². The average Bonchev–Trinajstić information content (AvgIpc) is 2.17. The van der Waals surface area contributed by atoms with Gasteiger partial charge in [-0.1, -0.05) is 0 Å². The maximum Gasteiger partial charge on any atom is 0.330 e. The van der Waals surface area contributed by atoms with Gasteiger partial charge in [0.1, 0.15) is 0 Å². The Labute approximate surface area is 80.4 Å². The SMILES string of the molecule is CCOC(=O)C=Cc1cnc[nH]c1=O. The molecule has 0 bridgehead atoms. The summed E-state index contributed by atoms with van der Waals surface area (Å²) in [5, 5.41) is 0. The van der Waals surface area contributed by atoms with Gasteiger partial charge in [-0.25, -0.2) is 9.78 Å². The average molecular weight is 194 g/mol. The van der Waals surface area contributed by atoms with Gasteiger partial charge in [0.25, 0.3) is 5.56 Å². The maximum absolute atomic E-state index is 11.1. The van der Waals surface area contributed by atoms with Gasteiger partial charge in [0, 0.05) is 12.3 Å². The molecule has 14 heavy (non-hydrogen) atoms. The van der Waals surface area contributed by atoms with Crippen LogP contribution in [0.15, 0.2) is 23.4 Å². The molecule has 0 unspecified atom stereocenters. The van der Waals surface area contributed by atoms with Crippen LogP contribution in [0.5, 0.6) is 0 Å². The van der Waals surface area contributed by atoms with E-state index in [9.17, 15) is 9.59 Å². The third-order valence-corrected chi connectivity index (χ3v) is 1.43. The molecule has 0 aromatic carbocycles. The van der Waals surface area contributed by atoms with Crippen LogP contribution in [-0.4, -0.2) is 22.5 Å². The molecular formula is C9H10N2O3. The molecular weight excluding hydrogens is 184 g/mol. The van der Waals surface area contributed by atoms with Crippen molar-refractivity contribution in [1.82, 2.24) is 9.97 Å². The van der Waals surface area contributed by atoms with Crippen molar-refractivity contribution in [2.45, 2.75) is 6.92 Å². The minimum absolute atomic E-state index is 0.291. The van der Waals surface area contributed by atoms with Gasteiger partial charge in [-0.15, -0.1) is 0 Å². The fraction of sp³-hybridized carbons (Fsp3) is 0.222. The predicted molar refractivity (Wildman–Crippen MR) is 50.5 cm³/mol. The van der Waals surface area contributed by atoms with Gasteiger partial charge in [-0.2, -0.15) is 0 Å². The number of carbonyl (C=O) groups is 1. The maximum atomic E-state index is 11.1. The summed E-state index contributed by atoms with van der Waals surface area (Å²) in [6.45, 7) is 2.02. The zero-order chi connectivity index (χ0) is 10.4. The molecule has 1 rings (SSSR count). The molecule has 1 heterocycles. The fourth-order valence-corrected chi connectivity index (χ4v) is 0.822. The molecule has 0 fully saturated rings. The lowest BCUT2D eigenvalue weighted by atomic mass is 10.3. The summed E-state index contributed by atoms with van der Waals surface area (Å²) in [5.41, 5.74) is 0.0288. The number of rotatable bonds is 3. The normalized spacial score (nSPS) is 10.4. The van der Waals surface area contributed by atoms with Crippen LogP contribution in [-0.2, 0) is 9.53 Å². The van der Waals surface area contributed by atoms with E-state index in [1.807, 2.05) is 0 Å². The lowest BCUT2D eigenvalue weighted by Gasteiger charge is -1.94. The molecule has 5 nitrogen and oxygen atoms in total. The molecule has 0 spiro atoms. The van der Waals surface area contributed by atoms with Gasteiger partial charge in [-0.3, -0.25) is 4.79 Å². The van der Waals surface area contributed by atoms with Crippen molar-refractivity contribution >= 4 is 12.0 Å². The van der Waals surface area contributed by atoms with Crippen LogP contribution in [0.1, 0.15) is 12.5 Å². The van der Waals surface area contributed by atoms with Crippen LogP contribution < -0.4 is 5.56 Å². The van der Waals surface area contributed by atoms with Crippen molar-refractivity contribution in [2.24, 2.45) is 0 Å². The lowest BCUT2D eigenvalue weighted by Crippen LogP contribution is -2.09. The first-order chi connectivity index (χ1) is 6.74. The Bertz CT molecular complexity index is 395. The number of ether oxygens (including phenoxy) is 1. The quantitative estimate of drug-likeness (QED) is 0.556. The molecule has 0 aliphatic heterocycles. The molecule has 1 aromatic heterocycles. The van der Waals surface area contributed by atoms with Crippen LogP contribution in [0.25, 0.3) is 6.08 Å². The Kier molecular flexibility index (Phi) is 3.60. The summed E-state index contributed by atoms with van der Waals surface area (Å²) in [6, 6.07) is 0. The molecule has 74 valence electrons. The third kappa shape index (κ3) is 2.85. The number of carbonyl (C=O) groups excluding carboxylic acids is 1. The molecule has 0 amide bonds. The molecule has 0 aliphatic rings. The van der Waals surface area contributed by atoms with Gasteiger partial charge in [-0.05, 0) is 13.0 Å². The standard InChI is InChI=1S/C9H10N2O3/c1-2-14-8(12)4-3-7-5-10-6-11-9(7)13/h3-6H,2H2,1H3,(H,10,11,13). The summed E-state index contributed by atoms with van der Waals surface area (Å²) in [4.78, 5) is 28.1. The first-order valence-electron chi connectivity index (χ1n) is 4.11. The number of nitrogens with one attached hydrogen (secondary N) is 1. The minimum atomic E-state index is -0.476. The Hall–Kier alpha value is -1.91. The highest BCUT2D eigenvalue weighted by Crippen LogP contribution is 1.91. The van der Waals surface area contributed by atoms with Gasteiger partial charge in [0.2, 0.25) is 0 Å². The highest BCUT2D eigenvalue weighted by molar-refractivity contribution is 5.86. The van der Waals surface area contributed by atoms with Crippen molar-refractivity contribution in [3.63, 3.8) is 0 Å². The Balaban J connectivity index is 2.74. The number of hydrogen-bond donors (Lipinski definition) is 1. The molecule has 0 saturated carbocycles. The number of aromatic nitrogens is 2. The summed E-state index contributed by atoms with van der Waals surface area (Å²) in [7, 11) is 0. The second-order valence-electron chi connectivity index (χ2n) is 2.42. The largest absolute Gasteiger partial charge is 0.463 e. The molecule has 0 atom stereocenters. The van der Waals surface area contributed by atoms with E-state index in [0.717, 1.165) is 0 Å². The number of esters is 1. The number of hydrogen-bond acceptors (Lipinski definition) is 4. The third-order valence-electron chi connectivity index (χ3n) is 1.43. The Morgan fingerprint density at radius 2 is 2.50 bits per heavy atom. The minimum Gasteiger partial charge on any atom is -0.463 e.